The smallest absolute Gasteiger partial charge is 0.339 e. The van der Waals surface area contributed by atoms with Crippen LogP contribution in [0.4, 0.5) is 5.69 Å². The highest BCUT2D eigenvalue weighted by Crippen LogP contribution is 2.31. The van der Waals surface area contributed by atoms with Crippen LogP contribution in [0.3, 0.4) is 0 Å². The fourth-order valence-corrected chi connectivity index (χ4v) is 1.52. The first-order valence-electron chi connectivity index (χ1n) is 5.09. The van der Waals surface area contributed by atoms with Gasteiger partial charge in [-0.05, 0) is 19.1 Å². The van der Waals surface area contributed by atoms with Gasteiger partial charge in [0.15, 0.2) is 0 Å². The quantitative estimate of drug-likeness (QED) is 0.603. The molecule has 0 unspecified atom stereocenters. The van der Waals surface area contributed by atoms with Crippen LogP contribution in [0, 0.1) is 0 Å². The molecule has 0 aromatic heterocycles. The largest absolute Gasteiger partial charge is 0.489 e. The second-order valence-corrected chi connectivity index (χ2v) is 3.59. The third-order valence-electron chi connectivity index (χ3n) is 2.06. The normalized spacial score (nSPS) is 10.2. The molecule has 0 aliphatic rings. The molecule has 0 spiro atoms. The van der Waals surface area contributed by atoms with Crippen molar-refractivity contribution < 1.29 is 19.4 Å². The molecule has 3 N–H and O–H groups in total. The van der Waals surface area contributed by atoms with Gasteiger partial charge in [0.2, 0.25) is 0 Å². The lowest BCUT2D eigenvalue weighted by atomic mass is 10.1. The number of carbonyl (C=O) groups is 1. The Bertz CT molecular complexity index is 409. The summed E-state index contributed by atoms with van der Waals surface area (Å²) in [6.45, 7) is 3.19. The van der Waals surface area contributed by atoms with Gasteiger partial charge in [-0.15, -0.1) is 0 Å². The SMILES string of the molecule is CCOCCOc1ccc(Cl)c(C(=O)O)c1N. The summed E-state index contributed by atoms with van der Waals surface area (Å²) >= 11 is 5.74. The summed E-state index contributed by atoms with van der Waals surface area (Å²) in [6, 6.07) is 2.98. The van der Waals surface area contributed by atoms with E-state index in [2.05, 4.69) is 0 Å². The first-order valence-corrected chi connectivity index (χ1v) is 5.47. The van der Waals surface area contributed by atoms with E-state index in [0.29, 0.717) is 25.6 Å². The monoisotopic (exact) mass is 259 g/mol. The average molecular weight is 260 g/mol. The first-order chi connectivity index (χ1) is 8.07. The zero-order valence-corrected chi connectivity index (χ0v) is 10.2. The molecular formula is C11H14ClNO4. The number of aromatic carboxylic acids is 1. The number of anilines is 1. The molecule has 1 rings (SSSR count). The van der Waals surface area contributed by atoms with Crippen LogP contribution >= 0.6 is 11.6 Å². The number of ether oxygens (including phenoxy) is 2. The van der Waals surface area contributed by atoms with Crippen molar-refractivity contribution in [3.63, 3.8) is 0 Å². The number of carboxylic acids is 1. The van der Waals surface area contributed by atoms with E-state index < -0.39 is 5.97 Å². The Balaban J connectivity index is 2.80. The molecule has 0 fully saturated rings. The average Bonchev–Trinajstić information content (AvgIpc) is 2.26. The summed E-state index contributed by atoms with van der Waals surface area (Å²) in [5, 5.41) is 9.03. The maximum atomic E-state index is 10.9. The minimum atomic E-state index is -1.18. The van der Waals surface area contributed by atoms with Gasteiger partial charge in [-0.2, -0.15) is 0 Å². The van der Waals surface area contributed by atoms with Gasteiger partial charge in [-0.3, -0.25) is 0 Å². The highest BCUT2D eigenvalue weighted by molar-refractivity contribution is 6.34. The number of benzene rings is 1. The Kier molecular flexibility index (Phi) is 5.06. The fraction of sp³-hybridized carbons (Fsp3) is 0.364. The molecule has 94 valence electrons. The van der Waals surface area contributed by atoms with Crippen molar-refractivity contribution in [1.29, 1.82) is 0 Å². The lowest BCUT2D eigenvalue weighted by Crippen LogP contribution is -2.10. The lowest BCUT2D eigenvalue weighted by molar-refractivity contribution is 0.0697. The van der Waals surface area contributed by atoms with Crippen LogP contribution < -0.4 is 10.5 Å². The minimum absolute atomic E-state index is 0.0292. The van der Waals surface area contributed by atoms with Crippen molar-refractivity contribution in [3.8, 4) is 5.75 Å². The van der Waals surface area contributed by atoms with Gasteiger partial charge >= 0.3 is 5.97 Å². The zero-order valence-electron chi connectivity index (χ0n) is 9.40. The molecule has 5 nitrogen and oxygen atoms in total. The van der Waals surface area contributed by atoms with Crippen LogP contribution in [0.15, 0.2) is 12.1 Å². The van der Waals surface area contributed by atoms with Crippen molar-refractivity contribution in [2.24, 2.45) is 0 Å². The Morgan fingerprint density at radius 1 is 1.47 bits per heavy atom. The van der Waals surface area contributed by atoms with Crippen LogP contribution in [0.2, 0.25) is 5.02 Å². The summed E-state index contributed by atoms with van der Waals surface area (Å²) < 4.78 is 10.4. The van der Waals surface area contributed by atoms with Crippen molar-refractivity contribution >= 4 is 23.3 Å². The van der Waals surface area contributed by atoms with E-state index in [1.807, 2.05) is 6.92 Å². The highest BCUT2D eigenvalue weighted by atomic mass is 35.5. The molecule has 6 heteroatoms. The van der Waals surface area contributed by atoms with Crippen LogP contribution in [0.5, 0.6) is 5.75 Å². The summed E-state index contributed by atoms with van der Waals surface area (Å²) in [5.74, 6) is -0.880. The van der Waals surface area contributed by atoms with E-state index in [1.54, 1.807) is 0 Å². The van der Waals surface area contributed by atoms with E-state index in [9.17, 15) is 4.79 Å². The molecule has 0 aliphatic heterocycles. The van der Waals surface area contributed by atoms with Gasteiger partial charge in [0.25, 0.3) is 0 Å². The summed E-state index contributed by atoms with van der Waals surface area (Å²) in [7, 11) is 0. The van der Waals surface area contributed by atoms with Crippen molar-refractivity contribution in [1.82, 2.24) is 0 Å². The molecule has 0 saturated carbocycles. The Morgan fingerprint density at radius 2 is 2.18 bits per heavy atom. The van der Waals surface area contributed by atoms with Gasteiger partial charge in [0, 0.05) is 6.61 Å². The predicted molar refractivity (Wildman–Crippen MR) is 64.8 cm³/mol. The van der Waals surface area contributed by atoms with Crippen molar-refractivity contribution in [3.05, 3.63) is 22.7 Å². The maximum Gasteiger partial charge on any atom is 0.339 e. The molecule has 0 atom stereocenters. The Morgan fingerprint density at radius 3 is 2.76 bits per heavy atom. The van der Waals surface area contributed by atoms with Crippen molar-refractivity contribution in [2.45, 2.75) is 6.92 Å². The van der Waals surface area contributed by atoms with E-state index in [-0.39, 0.29) is 16.3 Å². The number of nitrogen functional groups attached to an aromatic ring is 1. The van der Waals surface area contributed by atoms with Gasteiger partial charge in [0.05, 0.1) is 17.3 Å². The van der Waals surface area contributed by atoms with E-state index in [0.717, 1.165) is 0 Å². The van der Waals surface area contributed by atoms with Crippen molar-refractivity contribution in [2.75, 3.05) is 25.6 Å². The summed E-state index contributed by atoms with van der Waals surface area (Å²) in [5.41, 5.74) is 5.56. The molecule has 0 radical (unpaired) electrons. The zero-order chi connectivity index (χ0) is 12.8. The molecule has 0 heterocycles. The second kappa shape index (κ2) is 6.32. The molecule has 1 aromatic rings. The second-order valence-electron chi connectivity index (χ2n) is 3.18. The minimum Gasteiger partial charge on any atom is -0.489 e. The number of carboxylic acid groups (broad SMARTS) is 1. The van der Waals surface area contributed by atoms with Gasteiger partial charge in [-0.25, -0.2) is 4.79 Å². The van der Waals surface area contributed by atoms with E-state index in [1.165, 1.54) is 12.1 Å². The van der Waals surface area contributed by atoms with Crippen LogP contribution in [-0.4, -0.2) is 30.9 Å². The van der Waals surface area contributed by atoms with Gasteiger partial charge in [0.1, 0.15) is 17.9 Å². The number of rotatable bonds is 6. The predicted octanol–water partition coefficient (Wildman–Crippen LogP) is 2.04. The number of nitrogens with two attached hydrogens (primary N) is 1. The third kappa shape index (κ3) is 3.51. The number of halogens is 1. The topological polar surface area (TPSA) is 81.8 Å². The molecule has 0 aliphatic carbocycles. The Hall–Kier alpha value is -1.46. The lowest BCUT2D eigenvalue weighted by Gasteiger charge is -2.11. The molecule has 1 aromatic carbocycles. The standard InChI is InChI=1S/C11H14ClNO4/c1-2-16-5-6-17-8-4-3-7(12)9(10(8)13)11(14)15/h3-4H,2,5-6,13H2,1H3,(H,14,15). The first kappa shape index (κ1) is 13.6. The maximum absolute atomic E-state index is 10.9. The van der Waals surface area contributed by atoms with E-state index in [4.69, 9.17) is 31.9 Å². The van der Waals surface area contributed by atoms with Crippen LogP contribution in [-0.2, 0) is 4.74 Å². The number of hydrogen-bond acceptors (Lipinski definition) is 4. The van der Waals surface area contributed by atoms with Gasteiger partial charge in [-0.1, -0.05) is 11.6 Å². The fourth-order valence-electron chi connectivity index (χ4n) is 1.27. The Labute approximate surface area is 104 Å². The summed E-state index contributed by atoms with van der Waals surface area (Å²) in [6.07, 6.45) is 0. The van der Waals surface area contributed by atoms with E-state index >= 15 is 0 Å². The molecular weight excluding hydrogens is 246 g/mol. The molecule has 0 amide bonds. The number of hydrogen-bond donors (Lipinski definition) is 2. The molecule has 0 saturated heterocycles. The molecule has 0 bridgehead atoms. The highest BCUT2D eigenvalue weighted by Gasteiger charge is 2.16. The van der Waals surface area contributed by atoms with Crippen LogP contribution in [0.1, 0.15) is 17.3 Å². The molecule has 17 heavy (non-hydrogen) atoms. The summed E-state index contributed by atoms with van der Waals surface area (Å²) in [4.78, 5) is 10.9. The van der Waals surface area contributed by atoms with Crippen LogP contribution in [0.25, 0.3) is 0 Å². The third-order valence-corrected chi connectivity index (χ3v) is 2.37. The van der Waals surface area contributed by atoms with Gasteiger partial charge < -0.3 is 20.3 Å².